The van der Waals surface area contributed by atoms with Gasteiger partial charge in [-0.1, -0.05) is 13.3 Å². The summed E-state index contributed by atoms with van der Waals surface area (Å²) in [6.45, 7) is 6.40. The number of guanidine groups is 1. The minimum absolute atomic E-state index is 0.152. The minimum Gasteiger partial charge on any atom is -0.491 e. The summed E-state index contributed by atoms with van der Waals surface area (Å²) >= 11 is 0. The van der Waals surface area contributed by atoms with Gasteiger partial charge in [-0.3, -0.25) is 4.99 Å². The first-order valence-corrected chi connectivity index (χ1v) is 7.95. The molecule has 1 aromatic carbocycles. The first kappa shape index (κ1) is 16.6. The second-order valence-electron chi connectivity index (χ2n) is 6.41. The van der Waals surface area contributed by atoms with Gasteiger partial charge < -0.3 is 20.9 Å². The van der Waals surface area contributed by atoms with E-state index in [1.54, 1.807) is 0 Å². The first-order chi connectivity index (χ1) is 10.4. The molecule has 2 unspecified atom stereocenters. The van der Waals surface area contributed by atoms with Gasteiger partial charge in [-0.05, 0) is 56.9 Å². The van der Waals surface area contributed by atoms with Crippen LogP contribution in [0.3, 0.4) is 0 Å². The van der Waals surface area contributed by atoms with Gasteiger partial charge in [0.1, 0.15) is 5.75 Å². The zero-order chi connectivity index (χ0) is 16.2. The minimum atomic E-state index is -0.707. The molecule has 122 valence electrons. The highest BCUT2D eigenvalue weighted by atomic mass is 16.5. The van der Waals surface area contributed by atoms with Crippen molar-refractivity contribution in [3.63, 3.8) is 0 Å². The lowest BCUT2D eigenvalue weighted by atomic mass is 9.93. The van der Waals surface area contributed by atoms with Gasteiger partial charge in [-0.25, -0.2) is 0 Å². The summed E-state index contributed by atoms with van der Waals surface area (Å²) in [6, 6.07) is 7.57. The highest BCUT2D eigenvalue weighted by molar-refractivity contribution is 5.92. The SMILES string of the molecule is CC(C)Oc1ccc(NC(N)=NCC2(O)CCCC2C)cc1. The van der Waals surface area contributed by atoms with Crippen molar-refractivity contribution < 1.29 is 9.84 Å². The number of hydrogen-bond donors (Lipinski definition) is 3. The number of nitrogens with one attached hydrogen (secondary N) is 1. The van der Waals surface area contributed by atoms with E-state index < -0.39 is 5.60 Å². The van der Waals surface area contributed by atoms with Crippen molar-refractivity contribution in [2.24, 2.45) is 16.6 Å². The molecule has 1 fully saturated rings. The van der Waals surface area contributed by atoms with Crippen molar-refractivity contribution in [2.75, 3.05) is 11.9 Å². The van der Waals surface area contributed by atoms with Crippen molar-refractivity contribution >= 4 is 11.6 Å². The Hall–Kier alpha value is -1.75. The molecule has 0 aromatic heterocycles. The molecule has 0 saturated heterocycles. The summed E-state index contributed by atoms with van der Waals surface area (Å²) in [5, 5.41) is 13.5. The number of benzene rings is 1. The van der Waals surface area contributed by atoms with Crippen LogP contribution in [-0.4, -0.2) is 29.3 Å². The zero-order valence-electron chi connectivity index (χ0n) is 13.7. The third kappa shape index (κ3) is 4.37. The second-order valence-corrected chi connectivity index (χ2v) is 6.41. The Bertz CT molecular complexity index is 513. The van der Waals surface area contributed by atoms with E-state index in [0.717, 1.165) is 30.7 Å². The lowest BCUT2D eigenvalue weighted by Crippen LogP contribution is -2.36. The predicted octanol–water partition coefficient (Wildman–Crippen LogP) is 2.75. The lowest BCUT2D eigenvalue weighted by molar-refractivity contribution is 0.0187. The lowest BCUT2D eigenvalue weighted by Gasteiger charge is -2.25. The van der Waals surface area contributed by atoms with Crippen LogP contribution in [0.15, 0.2) is 29.3 Å². The summed E-state index contributed by atoms with van der Waals surface area (Å²) in [6.07, 6.45) is 3.06. The van der Waals surface area contributed by atoms with Crippen LogP contribution in [0.2, 0.25) is 0 Å². The average Bonchev–Trinajstić information content (AvgIpc) is 2.79. The number of ether oxygens (including phenoxy) is 1. The molecule has 4 N–H and O–H groups in total. The number of anilines is 1. The molecule has 0 amide bonds. The van der Waals surface area contributed by atoms with Crippen LogP contribution in [-0.2, 0) is 0 Å². The van der Waals surface area contributed by atoms with Crippen LogP contribution in [0, 0.1) is 5.92 Å². The number of aliphatic imine (C=N–C) groups is 1. The summed E-state index contributed by atoms with van der Waals surface area (Å²) in [4.78, 5) is 4.30. The van der Waals surface area contributed by atoms with E-state index in [4.69, 9.17) is 10.5 Å². The van der Waals surface area contributed by atoms with Gasteiger partial charge in [0.05, 0.1) is 18.2 Å². The number of nitrogens with zero attached hydrogens (tertiary/aromatic N) is 1. The zero-order valence-corrected chi connectivity index (χ0v) is 13.7. The van der Waals surface area contributed by atoms with Crippen LogP contribution in [0.1, 0.15) is 40.0 Å². The molecule has 1 aliphatic rings. The standard InChI is InChI=1S/C17H27N3O2/c1-12(2)22-15-8-6-14(7-9-15)20-16(18)19-11-17(21)10-4-5-13(17)3/h6-9,12-13,21H,4-5,10-11H2,1-3H3,(H3,18,19,20). The Labute approximate surface area is 132 Å². The van der Waals surface area contributed by atoms with Gasteiger partial charge in [0.25, 0.3) is 0 Å². The maximum absolute atomic E-state index is 10.5. The van der Waals surface area contributed by atoms with Crippen LogP contribution < -0.4 is 15.8 Å². The van der Waals surface area contributed by atoms with E-state index in [1.807, 2.05) is 38.1 Å². The smallest absolute Gasteiger partial charge is 0.193 e. The van der Waals surface area contributed by atoms with E-state index in [0.29, 0.717) is 12.5 Å². The average molecular weight is 305 g/mol. The first-order valence-electron chi connectivity index (χ1n) is 7.95. The fourth-order valence-corrected chi connectivity index (χ4v) is 2.76. The number of rotatable bonds is 5. The highest BCUT2D eigenvalue weighted by Crippen LogP contribution is 2.35. The second kappa shape index (κ2) is 7.01. The molecule has 22 heavy (non-hydrogen) atoms. The van der Waals surface area contributed by atoms with Crippen molar-refractivity contribution in [3.05, 3.63) is 24.3 Å². The molecular weight excluding hydrogens is 278 g/mol. The molecular formula is C17H27N3O2. The fraction of sp³-hybridized carbons (Fsp3) is 0.588. The van der Waals surface area contributed by atoms with Gasteiger partial charge in [-0.15, -0.1) is 0 Å². The molecule has 0 bridgehead atoms. The quantitative estimate of drug-likeness (QED) is 0.577. The Morgan fingerprint density at radius 3 is 2.68 bits per heavy atom. The Morgan fingerprint density at radius 2 is 2.14 bits per heavy atom. The van der Waals surface area contributed by atoms with Crippen molar-refractivity contribution in [2.45, 2.75) is 51.7 Å². The van der Waals surface area contributed by atoms with Crippen molar-refractivity contribution in [3.8, 4) is 5.75 Å². The van der Waals surface area contributed by atoms with E-state index in [9.17, 15) is 5.11 Å². The van der Waals surface area contributed by atoms with Crippen LogP contribution >= 0.6 is 0 Å². The molecule has 0 spiro atoms. The molecule has 5 heteroatoms. The molecule has 0 radical (unpaired) electrons. The third-order valence-electron chi connectivity index (χ3n) is 4.19. The molecule has 1 saturated carbocycles. The van der Waals surface area contributed by atoms with Gasteiger partial charge in [0.15, 0.2) is 5.96 Å². The normalized spacial score (nSPS) is 25.5. The Balaban J connectivity index is 1.91. The van der Waals surface area contributed by atoms with Gasteiger partial charge in [-0.2, -0.15) is 0 Å². The largest absolute Gasteiger partial charge is 0.491 e. The number of aliphatic hydroxyl groups is 1. The molecule has 0 aliphatic heterocycles. The summed E-state index contributed by atoms with van der Waals surface area (Å²) in [5.41, 5.74) is 6.05. The number of nitrogens with two attached hydrogens (primary N) is 1. The van der Waals surface area contributed by atoms with E-state index in [2.05, 4.69) is 17.2 Å². The van der Waals surface area contributed by atoms with Gasteiger partial charge in [0.2, 0.25) is 0 Å². The summed E-state index contributed by atoms with van der Waals surface area (Å²) < 4.78 is 5.59. The maximum Gasteiger partial charge on any atom is 0.193 e. The molecule has 1 aliphatic carbocycles. The molecule has 2 rings (SSSR count). The topological polar surface area (TPSA) is 79.9 Å². The predicted molar refractivity (Wildman–Crippen MR) is 90.3 cm³/mol. The Morgan fingerprint density at radius 1 is 1.45 bits per heavy atom. The molecule has 0 heterocycles. The van der Waals surface area contributed by atoms with Crippen molar-refractivity contribution in [1.82, 2.24) is 0 Å². The van der Waals surface area contributed by atoms with Crippen molar-refractivity contribution in [1.29, 1.82) is 0 Å². The van der Waals surface area contributed by atoms with E-state index in [1.165, 1.54) is 0 Å². The van der Waals surface area contributed by atoms with E-state index in [-0.39, 0.29) is 12.0 Å². The van der Waals surface area contributed by atoms with Crippen LogP contribution in [0.5, 0.6) is 5.75 Å². The molecule has 5 nitrogen and oxygen atoms in total. The van der Waals surface area contributed by atoms with Crippen LogP contribution in [0.4, 0.5) is 5.69 Å². The highest BCUT2D eigenvalue weighted by Gasteiger charge is 2.37. The third-order valence-corrected chi connectivity index (χ3v) is 4.19. The number of hydrogen-bond acceptors (Lipinski definition) is 3. The van der Waals surface area contributed by atoms with Crippen LogP contribution in [0.25, 0.3) is 0 Å². The molecule has 2 atom stereocenters. The van der Waals surface area contributed by atoms with E-state index >= 15 is 0 Å². The fourth-order valence-electron chi connectivity index (χ4n) is 2.76. The van der Waals surface area contributed by atoms with Gasteiger partial charge >= 0.3 is 0 Å². The summed E-state index contributed by atoms with van der Waals surface area (Å²) in [5.74, 6) is 1.42. The van der Waals surface area contributed by atoms with Gasteiger partial charge in [0, 0.05) is 5.69 Å². The Kier molecular flexibility index (Phi) is 5.29. The monoisotopic (exact) mass is 305 g/mol. The summed E-state index contributed by atoms with van der Waals surface area (Å²) in [7, 11) is 0. The maximum atomic E-state index is 10.5. The molecule has 1 aromatic rings.